The van der Waals surface area contributed by atoms with Gasteiger partial charge in [-0.25, -0.2) is 0 Å². The first-order chi connectivity index (χ1) is 15.1. The molecule has 1 fully saturated rings. The van der Waals surface area contributed by atoms with Crippen LogP contribution in [0.15, 0.2) is 42.5 Å². The lowest BCUT2D eigenvalue weighted by Crippen LogP contribution is -2.27. The highest BCUT2D eigenvalue weighted by Gasteiger charge is 2.35. The Kier molecular flexibility index (Phi) is 7.14. The van der Waals surface area contributed by atoms with Gasteiger partial charge in [0.1, 0.15) is 11.9 Å². The number of anilines is 2. The Morgan fingerprint density at radius 3 is 2.41 bits per heavy atom. The zero-order chi connectivity index (χ0) is 23.3. The summed E-state index contributed by atoms with van der Waals surface area (Å²) in [5, 5.41) is 4.59. The fraction of sp³-hybridized carbons (Fsp3) is 0.318. The van der Waals surface area contributed by atoms with Crippen molar-refractivity contribution in [3.63, 3.8) is 0 Å². The summed E-state index contributed by atoms with van der Waals surface area (Å²) in [6.07, 6.45) is -4.25. The van der Waals surface area contributed by atoms with E-state index in [2.05, 4.69) is 10.6 Å². The molecule has 2 aromatic rings. The summed E-state index contributed by atoms with van der Waals surface area (Å²) < 4.78 is 51.0. The van der Waals surface area contributed by atoms with Crippen LogP contribution in [0, 0.1) is 0 Å². The highest BCUT2D eigenvalue weighted by atomic mass is 19.4. The van der Waals surface area contributed by atoms with E-state index in [9.17, 15) is 27.6 Å². The topological polar surface area (TPSA) is 93.7 Å². The van der Waals surface area contributed by atoms with Gasteiger partial charge < -0.3 is 20.1 Å². The summed E-state index contributed by atoms with van der Waals surface area (Å²) >= 11 is 0. The summed E-state index contributed by atoms with van der Waals surface area (Å²) in [7, 11) is 0. The van der Waals surface area contributed by atoms with Crippen molar-refractivity contribution >= 4 is 29.0 Å². The quantitative estimate of drug-likeness (QED) is 0.621. The second-order valence-electron chi connectivity index (χ2n) is 7.17. The maximum absolute atomic E-state index is 13.5. The minimum Gasteiger partial charge on any atom is -0.484 e. The van der Waals surface area contributed by atoms with Crippen LogP contribution in [0.1, 0.15) is 35.7 Å². The zero-order valence-electron chi connectivity index (χ0n) is 17.1. The van der Waals surface area contributed by atoms with E-state index in [-0.39, 0.29) is 17.2 Å². The third-order valence-corrected chi connectivity index (χ3v) is 4.72. The number of carbonyl (C=O) groups excluding carboxylic acids is 3. The van der Waals surface area contributed by atoms with Crippen LogP contribution in [-0.4, -0.2) is 36.9 Å². The molecule has 0 bridgehead atoms. The van der Waals surface area contributed by atoms with E-state index in [4.69, 9.17) is 9.47 Å². The molecule has 2 aromatic carbocycles. The van der Waals surface area contributed by atoms with Gasteiger partial charge in [0.2, 0.25) is 0 Å². The van der Waals surface area contributed by atoms with Gasteiger partial charge in [-0.3, -0.25) is 14.4 Å². The number of rotatable bonds is 7. The van der Waals surface area contributed by atoms with Gasteiger partial charge in [0, 0.05) is 17.9 Å². The first-order valence-electron chi connectivity index (χ1n) is 9.81. The summed E-state index contributed by atoms with van der Waals surface area (Å²) in [4.78, 5) is 35.5. The van der Waals surface area contributed by atoms with Crippen molar-refractivity contribution in [1.29, 1.82) is 0 Å². The second kappa shape index (κ2) is 9.82. The standard InChI is InChI=1S/C22H21F3N2O5/c1-13(28)14-4-7-16(8-5-14)32-12-20(29)27-18-9-6-15(11-17(18)22(23,24)25)26-21(30)19-3-2-10-31-19/h4-9,11,19H,2-3,10,12H2,1H3,(H,26,30)(H,27,29). The van der Waals surface area contributed by atoms with Crippen LogP contribution in [0.25, 0.3) is 0 Å². The van der Waals surface area contributed by atoms with Crippen LogP contribution in [0.3, 0.4) is 0 Å². The van der Waals surface area contributed by atoms with Crippen molar-refractivity contribution in [2.75, 3.05) is 23.8 Å². The van der Waals surface area contributed by atoms with E-state index in [1.807, 2.05) is 0 Å². The largest absolute Gasteiger partial charge is 0.484 e. The molecule has 1 heterocycles. The molecule has 1 atom stereocenters. The number of amides is 2. The van der Waals surface area contributed by atoms with Gasteiger partial charge >= 0.3 is 6.18 Å². The van der Waals surface area contributed by atoms with E-state index in [0.717, 1.165) is 12.1 Å². The molecule has 7 nitrogen and oxygen atoms in total. The van der Waals surface area contributed by atoms with Gasteiger partial charge in [-0.15, -0.1) is 0 Å². The van der Waals surface area contributed by atoms with Crippen molar-refractivity contribution in [3.8, 4) is 5.75 Å². The molecule has 0 aliphatic carbocycles. The van der Waals surface area contributed by atoms with Crippen molar-refractivity contribution in [3.05, 3.63) is 53.6 Å². The number of ketones is 1. The molecule has 32 heavy (non-hydrogen) atoms. The number of ether oxygens (including phenoxy) is 2. The van der Waals surface area contributed by atoms with Crippen LogP contribution in [0.5, 0.6) is 5.75 Å². The minimum absolute atomic E-state index is 0.0577. The number of carbonyl (C=O) groups is 3. The van der Waals surface area contributed by atoms with Gasteiger partial charge in [0.15, 0.2) is 12.4 Å². The third kappa shape index (κ3) is 6.07. The van der Waals surface area contributed by atoms with E-state index in [1.165, 1.54) is 37.3 Å². The Balaban J connectivity index is 1.65. The molecule has 1 aliphatic heterocycles. The Morgan fingerprint density at radius 1 is 1.09 bits per heavy atom. The molecule has 0 spiro atoms. The summed E-state index contributed by atoms with van der Waals surface area (Å²) in [6, 6.07) is 9.08. The number of halogens is 3. The number of Topliss-reactive ketones (excluding diaryl/α,β-unsaturated/α-hetero) is 1. The maximum atomic E-state index is 13.5. The first-order valence-corrected chi connectivity index (χ1v) is 9.81. The SMILES string of the molecule is CC(=O)c1ccc(OCC(=O)Nc2ccc(NC(=O)C3CCCO3)cc2C(F)(F)F)cc1. The molecule has 0 aromatic heterocycles. The fourth-order valence-electron chi connectivity index (χ4n) is 3.09. The van der Waals surface area contributed by atoms with Crippen LogP contribution < -0.4 is 15.4 Å². The highest BCUT2D eigenvalue weighted by Crippen LogP contribution is 2.36. The Morgan fingerprint density at radius 2 is 1.81 bits per heavy atom. The molecule has 1 unspecified atom stereocenters. The molecule has 2 amide bonds. The molecule has 0 saturated carbocycles. The molecule has 10 heteroatoms. The monoisotopic (exact) mass is 450 g/mol. The van der Waals surface area contributed by atoms with Crippen LogP contribution in [0.2, 0.25) is 0 Å². The maximum Gasteiger partial charge on any atom is 0.418 e. The predicted molar refractivity (Wildman–Crippen MR) is 110 cm³/mol. The lowest BCUT2D eigenvalue weighted by Gasteiger charge is -2.17. The average Bonchev–Trinajstić information content (AvgIpc) is 3.28. The number of alkyl halides is 3. The number of nitrogens with one attached hydrogen (secondary N) is 2. The van der Waals surface area contributed by atoms with Gasteiger partial charge in [-0.1, -0.05) is 0 Å². The molecule has 1 saturated heterocycles. The lowest BCUT2D eigenvalue weighted by molar-refractivity contribution is -0.137. The van der Waals surface area contributed by atoms with E-state index in [1.54, 1.807) is 0 Å². The van der Waals surface area contributed by atoms with Gasteiger partial charge in [0.05, 0.1) is 11.3 Å². The van der Waals surface area contributed by atoms with Crippen molar-refractivity contribution in [2.45, 2.75) is 32.0 Å². The predicted octanol–water partition coefficient (Wildman–Crippen LogP) is 4.04. The smallest absolute Gasteiger partial charge is 0.418 e. The molecular formula is C22H21F3N2O5. The van der Waals surface area contributed by atoms with Crippen LogP contribution >= 0.6 is 0 Å². The number of benzene rings is 2. The molecular weight excluding hydrogens is 429 g/mol. The summed E-state index contributed by atoms with van der Waals surface area (Å²) in [5.41, 5.74) is -1.17. The van der Waals surface area contributed by atoms with Gasteiger partial charge in [-0.2, -0.15) is 13.2 Å². The van der Waals surface area contributed by atoms with Crippen molar-refractivity contribution in [2.24, 2.45) is 0 Å². The Labute approximate surface area is 181 Å². The highest BCUT2D eigenvalue weighted by molar-refractivity contribution is 5.96. The van der Waals surface area contributed by atoms with Crippen LogP contribution in [0.4, 0.5) is 24.5 Å². The fourth-order valence-corrected chi connectivity index (χ4v) is 3.09. The van der Waals surface area contributed by atoms with E-state index in [0.29, 0.717) is 25.0 Å². The number of hydrogen-bond acceptors (Lipinski definition) is 5. The lowest BCUT2D eigenvalue weighted by atomic mass is 10.1. The van der Waals surface area contributed by atoms with E-state index < -0.39 is 42.0 Å². The van der Waals surface area contributed by atoms with Crippen molar-refractivity contribution in [1.82, 2.24) is 0 Å². The first kappa shape index (κ1) is 23.3. The molecule has 0 radical (unpaired) electrons. The number of hydrogen-bond donors (Lipinski definition) is 2. The third-order valence-electron chi connectivity index (χ3n) is 4.72. The molecule has 1 aliphatic rings. The van der Waals surface area contributed by atoms with E-state index >= 15 is 0 Å². The van der Waals surface area contributed by atoms with Gasteiger partial charge in [-0.05, 0) is 62.2 Å². The molecule has 3 rings (SSSR count). The Hall–Kier alpha value is -3.40. The average molecular weight is 450 g/mol. The van der Waals surface area contributed by atoms with Crippen molar-refractivity contribution < 1.29 is 37.0 Å². The summed E-state index contributed by atoms with van der Waals surface area (Å²) in [6.45, 7) is 1.30. The minimum atomic E-state index is -4.77. The normalized spacial score (nSPS) is 15.8. The van der Waals surface area contributed by atoms with Gasteiger partial charge in [0.25, 0.3) is 11.8 Å². The summed E-state index contributed by atoms with van der Waals surface area (Å²) in [5.74, 6) is -1.17. The molecule has 170 valence electrons. The Bertz CT molecular complexity index is 1000. The zero-order valence-corrected chi connectivity index (χ0v) is 17.1. The molecule has 2 N–H and O–H groups in total. The van der Waals surface area contributed by atoms with Crippen LogP contribution in [-0.2, 0) is 20.5 Å². The second-order valence-corrected chi connectivity index (χ2v) is 7.17.